The highest BCUT2D eigenvalue weighted by molar-refractivity contribution is 6.99. The highest BCUT2D eigenvalue weighted by atomic mass is 16.1. The molecule has 0 aromatic heterocycles. The predicted molar refractivity (Wildman–Crippen MR) is 286 cm³/mol. The van der Waals surface area contributed by atoms with Crippen LogP contribution in [0.15, 0.2) is 194 Å². The highest BCUT2D eigenvalue weighted by Crippen LogP contribution is 2.38. The lowest BCUT2D eigenvalue weighted by Gasteiger charge is -2.37. The molecule has 0 saturated carbocycles. The van der Waals surface area contributed by atoms with Gasteiger partial charge < -0.3 is 9.80 Å². The van der Waals surface area contributed by atoms with Crippen LogP contribution < -0.4 is 42.6 Å². The number of hydrogen-bond acceptors (Lipinski definition) is 4. The van der Waals surface area contributed by atoms with E-state index in [1.54, 1.807) is 24.3 Å². The standard InChI is InChI=1S/C62H50B2N2O2/c1-39-34-41(3)59(42(4)35-39)63-51-18-7-11-22-55(51)65(56-23-12-8-19-52(56)63)49-32-30-47(31-33-49)61(67)45-26-28-46(29-27-45)62(68)48-16-15-17-50(38-48)66-57-24-13-9-20-53(57)64(54-21-10-14-25-58(54)66)60-43(5)36-40(2)37-44(60)6/h7-38H,1-6H3. The van der Waals surface area contributed by atoms with Gasteiger partial charge in [-0.3, -0.25) is 9.59 Å². The van der Waals surface area contributed by atoms with Crippen molar-refractivity contribution in [2.75, 3.05) is 9.80 Å². The molecule has 0 spiro atoms. The molecule has 0 bridgehead atoms. The first kappa shape index (κ1) is 42.7. The Labute approximate surface area is 400 Å². The summed E-state index contributed by atoms with van der Waals surface area (Å²) in [6.45, 7) is 13.4. The molecule has 2 aliphatic rings. The Kier molecular flexibility index (Phi) is 10.7. The highest BCUT2D eigenvalue weighted by Gasteiger charge is 2.38. The summed E-state index contributed by atoms with van der Waals surface area (Å²) >= 11 is 0. The number of ketones is 2. The number of carbonyl (C=O) groups is 2. The molecule has 2 heterocycles. The number of nitrogens with zero attached hydrogens (tertiary/aromatic N) is 2. The first-order chi connectivity index (χ1) is 33.0. The molecule has 11 rings (SSSR count). The smallest absolute Gasteiger partial charge is 0.247 e. The molecule has 0 atom stereocenters. The van der Waals surface area contributed by atoms with Crippen LogP contribution >= 0.6 is 0 Å². The van der Waals surface area contributed by atoms with Gasteiger partial charge in [-0.05, 0) is 124 Å². The third kappa shape index (κ3) is 7.19. The van der Waals surface area contributed by atoms with Gasteiger partial charge in [0.05, 0.1) is 0 Å². The fraction of sp³-hybridized carbons (Fsp3) is 0.0968. The summed E-state index contributed by atoms with van der Waals surface area (Å²) in [6, 6.07) is 66.7. The van der Waals surface area contributed by atoms with Crippen molar-refractivity contribution >= 4 is 91.9 Å². The fourth-order valence-corrected chi connectivity index (χ4v) is 11.5. The molecule has 0 unspecified atom stereocenters. The Balaban J connectivity index is 0.862. The Morgan fingerprint density at radius 2 is 0.647 bits per heavy atom. The molecule has 0 amide bonds. The van der Waals surface area contributed by atoms with Crippen molar-refractivity contribution < 1.29 is 9.59 Å². The van der Waals surface area contributed by atoms with Crippen molar-refractivity contribution in [1.82, 2.24) is 0 Å². The zero-order chi connectivity index (χ0) is 46.8. The summed E-state index contributed by atoms with van der Waals surface area (Å²) in [6.07, 6.45) is 0. The van der Waals surface area contributed by atoms with E-state index < -0.39 is 0 Å². The summed E-state index contributed by atoms with van der Waals surface area (Å²) in [5, 5.41) is 0. The minimum Gasteiger partial charge on any atom is -0.312 e. The number of aryl methyl sites for hydroxylation is 6. The molecule has 0 aliphatic carbocycles. The van der Waals surface area contributed by atoms with Crippen LogP contribution in [0.1, 0.15) is 65.2 Å². The van der Waals surface area contributed by atoms with E-state index in [1.807, 2.05) is 42.5 Å². The zero-order valence-electron chi connectivity index (χ0n) is 39.3. The minimum atomic E-state index is -0.102. The fourth-order valence-electron chi connectivity index (χ4n) is 11.5. The van der Waals surface area contributed by atoms with Crippen LogP contribution in [0.5, 0.6) is 0 Å². The summed E-state index contributed by atoms with van der Waals surface area (Å²) in [4.78, 5) is 32.9. The Hall–Kier alpha value is -7.95. The van der Waals surface area contributed by atoms with Crippen LogP contribution in [0.2, 0.25) is 0 Å². The second kappa shape index (κ2) is 17.0. The van der Waals surface area contributed by atoms with Crippen molar-refractivity contribution in [3.63, 3.8) is 0 Å². The van der Waals surface area contributed by atoms with Gasteiger partial charge in [0.2, 0.25) is 13.4 Å². The van der Waals surface area contributed by atoms with E-state index in [1.165, 1.54) is 66.2 Å². The van der Waals surface area contributed by atoms with Gasteiger partial charge in [-0.25, -0.2) is 0 Å². The second-order valence-corrected chi connectivity index (χ2v) is 18.7. The van der Waals surface area contributed by atoms with Crippen molar-refractivity contribution in [2.45, 2.75) is 41.5 Å². The van der Waals surface area contributed by atoms with Crippen LogP contribution in [0.25, 0.3) is 0 Å². The van der Waals surface area contributed by atoms with Crippen LogP contribution in [0.3, 0.4) is 0 Å². The lowest BCUT2D eigenvalue weighted by atomic mass is 9.34. The Morgan fingerprint density at radius 1 is 0.324 bits per heavy atom. The number of benzene rings is 9. The maximum absolute atomic E-state index is 14.3. The monoisotopic (exact) mass is 876 g/mol. The molecule has 0 radical (unpaired) electrons. The Bertz CT molecular complexity index is 3340. The maximum atomic E-state index is 14.3. The van der Waals surface area contributed by atoms with Crippen LogP contribution in [-0.4, -0.2) is 25.0 Å². The normalized spacial score (nSPS) is 12.6. The third-order valence-corrected chi connectivity index (χ3v) is 14.2. The van der Waals surface area contributed by atoms with E-state index in [2.05, 4.69) is 179 Å². The van der Waals surface area contributed by atoms with Gasteiger partial charge in [0.25, 0.3) is 0 Å². The van der Waals surface area contributed by atoms with Gasteiger partial charge in [0.1, 0.15) is 0 Å². The summed E-state index contributed by atoms with van der Waals surface area (Å²) in [7, 11) is 0. The minimum absolute atomic E-state index is 0.0690. The average Bonchev–Trinajstić information content (AvgIpc) is 3.35. The first-order valence-corrected chi connectivity index (χ1v) is 23.6. The molecule has 0 N–H and O–H groups in total. The third-order valence-electron chi connectivity index (χ3n) is 14.2. The molecule has 2 aliphatic heterocycles. The SMILES string of the molecule is Cc1cc(C)c(B2c3ccccc3N(c3ccc(C(=O)c4ccc(C(=O)c5cccc(N6c7ccccc7B(c7c(C)cc(C)cc7C)c7ccccc76)c5)cc4)cc3)c3ccccc32)c(C)c1. The molecule has 6 heteroatoms. The van der Waals surface area contributed by atoms with Crippen molar-refractivity contribution in [2.24, 2.45) is 0 Å². The van der Waals surface area contributed by atoms with Gasteiger partial charge in [0, 0.05) is 56.4 Å². The Morgan fingerprint density at radius 3 is 1.03 bits per heavy atom. The number of carbonyl (C=O) groups excluding carboxylic acids is 2. The van der Waals surface area contributed by atoms with Crippen LogP contribution in [0.4, 0.5) is 34.1 Å². The largest absolute Gasteiger partial charge is 0.312 e. The van der Waals surface area contributed by atoms with E-state index in [0.29, 0.717) is 22.3 Å². The van der Waals surface area contributed by atoms with Gasteiger partial charge in [-0.15, -0.1) is 0 Å². The van der Waals surface area contributed by atoms with Gasteiger partial charge >= 0.3 is 0 Å². The van der Waals surface area contributed by atoms with E-state index in [0.717, 1.165) is 34.1 Å². The summed E-state index contributed by atoms with van der Waals surface area (Å²) in [5.74, 6) is -0.200. The molecular formula is C62H50B2N2O2. The molecule has 9 aromatic carbocycles. The van der Waals surface area contributed by atoms with E-state index in [-0.39, 0.29) is 25.0 Å². The second-order valence-electron chi connectivity index (χ2n) is 18.7. The first-order valence-electron chi connectivity index (χ1n) is 23.6. The topological polar surface area (TPSA) is 40.6 Å². The lowest BCUT2D eigenvalue weighted by molar-refractivity contribution is 0.102. The van der Waals surface area contributed by atoms with Crippen molar-refractivity contribution in [3.8, 4) is 0 Å². The number of hydrogen-bond donors (Lipinski definition) is 0. The zero-order valence-corrected chi connectivity index (χ0v) is 39.3. The maximum Gasteiger partial charge on any atom is 0.247 e. The van der Waals surface area contributed by atoms with Crippen LogP contribution in [0, 0.1) is 41.5 Å². The molecule has 0 saturated heterocycles. The van der Waals surface area contributed by atoms with Crippen molar-refractivity contribution in [3.05, 3.63) is 250 Å². The average molecular weight is 877 g/mol. The number of fused-ring (bicyclic) bond motifs is 4. The summed E-state index contributed by atoms with van der Waals surface area (Å²) in [5.41, 5.74) is 23.9. The molecule has 0 fully saturated rings. The summed E-state index contributed by atoms with van der Waals surface area (Å²) < 4.78 is 0. The van der Waals surface area contributed by atoms with E-state index in [4.69, 9.17) is 0 Å². The molecule has 4 nitrogen and oxygen atoms in total. The lowest BCUT2D eigenvalue weighted by Crippen LogP contribution is -2.58. The molecule has 68 heavy (non-hydrogen) atoms. The van der Waals surface area contributed by atoms with Crippen molar-refractivity contribution in [1.29, 1.82) is 0 Å². The number of anilines is 6. The van der Waals surface area contributed by atoms with Gasteiger partial charge in [0.15, 0.2) is 11.6 Å². The molecule has 326 valence electrons. The van der Waals surface area contributed by atoms with E-state index in [9.17, 15) is 9.59 Å². The van der Waals surface area contributed by atoms with Gasteiger partial charge in [-0.1, -0.05) is 178 Å². The van der Waals surface area contributed by atoms with E-state index >= 15 is 0 Å². The molecule has 9 aromatic rings. The van der Waals surface area contributed by atoms with Gasteiger partial charge in [-0.2, -0.15) is 0 Å². The number of para-hydroxylation sites is 4. The van der Waals surface area contributed by atoms with Crippen LogP contribution in [-0.2, 0) is 0 Å². The quantitative estimate of drug-likeness (QED) is 0.113. The molecular weight excluding hydrogens is 826 g/mol. The number of rotatable bonds is 8. The predicted octanol–water partition coefficient (Wildman–Crippen LogP) is 10.6.